The Morgan fingerprint density at radius 3 is 2.71 bits per heavy atom. The number of amides is 1. The van der Waals surface area contributed by atoms with Crippen LogP contribution in [0.1, 0.15) is 40.9 Å². The Bertz CT molecular complexity index is 890. The minimum Gasteiger partial charge on any atom is -0.378 e. The number of anilines is 2. The molecular weight excluding hydrogens is 350 g/mol. The number of hydrogen-bond donors (Lipinski definition) is 0. The van der Waals surface area contributed by atoms with Gasteiger partial charge in [-0.3, -0.25) is 4.79 Å². The smallest absolute Gasteiger partial charge is 0.253 e. The van der Waals surface area contributed by atoms with Crippen LogP contribution in [0.4, 0.5) is 11.6 Å². The molecular formula is C22H29N5O. The van der Waals surface area contributed by atoms with Crippen LogP contribution in [0.3, 0.4) is 0 Å². The SMILES string of the molecule is CN(C)c1cccc(C(=O)N2CCCC3(CCc4cnc(N(C)C)nc43)C2)c1. The zero-order valence-corrected chi connectivity index (χ0v) is 17.3. The fourth-order valence-corrected chi connectivity index (χ4v) is 4.55. The summed E-state index contributed by atoms with van der Waals surface area (Å²) in [4.78, 5) is 28.7. The molecule has 1 fully saturated rings. The lowest BCUT2D eigenvalue weighted by Crippen LogP contribution is -2.48. The summed E-state index contributed by atoms with van der Waals surface area (Å²) in [5.41, 5.74) is 4.18. The molecule has 0 bridgehead atoms. The predicted octanol–water partition coefficient (Wildman–Crippen LogP) is 2.73. The number of hydrogen-bond acceptors (Lipinski definition) is 5. The van der Waals surface area contributed by atoms with Crippen LogP contribution in [0.2, 0.25) is 0 Å². The van der Waals surface area contributed by atoms with Crippen molar-refractivity contribution in [2.75, 3.05) is 51.1 Å². The molecule has 4 rings (SSSR count). The topological polar surface area (TPSA) is 52.6 Å². The highest BCUT2D eigenvalue weighted by Gasteiger charge is 2.45. The third-order valence-electron chi connectivity index (χ3n) is 6.10. The molecule has 2 aromatic rings. The highest BCUT2D eigenvalue weighted by atomic mass is 16.2. The normalized spacial score (nSPS) is 20.9. The molecule has 0 radical (unpaired) electrons. The molecule has 2 heterocycles. The van der Waals surface area contributed by atoms with Gasteiger partial charge in [-0.05, 0) is 49.4 Å². The Morgan fingerprint density at radius 1 is 1.14 bits per heavy atom. The number of nitrogens with zero attached hydrogens (tertiary/aromatic N) is 5. The van der Waals surface area contributed by atoms with Gasteiger partial charge in [-0.15, -0.1) is 0 Å². The molecule has 1 atom stereocenters. The lowest BCUT2D eigenvalue weighted by molar-refractivity contribution is 0.0633. The van der Waals surface area contributed by atoms with Crippen LogP contribution in [0.25, 0.3) is 0 Å². The number of aromatic nitrogens is 2. The molecule has 6 heteroatoms. The molecule has 1 unspecified atom stereocenters. The summed E-state index contributed by atoms with van der Waals surface area (Å²) in [6.45, 7) is 1.56. The molecule has 2 aliphatic rings. The Kier molecular flexibility index (Phi) is 4.73. The first kappa shape index (κ1) is 18.7. The van der Waals surface area contributed by atoms with E-state index in [-0.39, 0.29) is 11.3 Å². The first-order chi connectivity index (χ1) is 13.4. The van der Waals surface area contributed by atoms with Gasteiger partial charge in [-0.1, -0.05) is 6.07 Å². The number of rotatable bonds is 3. The maximum absolute atomic E-state index is 13.3. The Hall–Kier alpha value is -2.63. The number of likely N-dealkylation sites (tertiary alicyclic amines) is 1. The first-order valence-electron chi connectivity index (χ1n) is 10.00. The van der Waals surface area contributed by atoms with Gasteiger partial charge < -0.3 is 14.7 Å². The average molecular weight is 380 g/mol. The van der Waals surface area contributed by atoms with Gasteiger partial charge in [-0.25, -0.2) is 9.97 Å². The van der Waals surface area contributed by atoms with Crippen molar-refractivity contribution >= 4 is 17.5 Å². The maximum Gasteiger partial charge on any atom is 0.253 e. The predicted molar refractivity (Wildman–Crippen MR) is 112 cm³/mol. The average Bonchev–Trinajstić information content (AvgIpc) is 3.04. The first-order valence-corrected chi connectivity index (χ1v) is 10.00. The van der Waals surface area contributed by atoms with E-state index >= 15 is 0 Å². The summed E-state index contributed by atoms with van der Waals surface area (Å²) in [7, 11) is 7.93. The van der Waals surface area contributed by atoms with Crippen LogP contribution in [-0.2, 0) is 11.8 Å². The molecule has 0 saturated carbocycles. The van der Waals surface area contributed by atoms with Crippen molar-refractivity contribution in [3.05, 3.63) is 47.3 Å². The number of carbonyl (C=O) groups is 1. The minimum atomic E-state index is -0.0316. The third-order valence-corrected chi connectivity index (χ3v) is 6.10. The largest absolute Gasteiger partial charge is 0.378 e. The van der Waals surface area contributed by atoms with Crippen molar-refractivity contribution in [3.8, 4) is 0 Å². The zero-order valence-electron chi connectivity index (χ0n) is 17.3. The van der Waals surface area contributed by atoms with Gasteiger partial charge in [0.25, 0.3) is 5.91 Å². The van der Waals surface area contributed by atoms with Crippen LogP contribution in [-0.4, -0.2) is 62.1 Å². The van der Waals surface area contributed by atoms with Gasteiger partial charge in [0.2, 0.25) is 5.95 Å². The lowest BCUT2D eigenvalue weighted by Gasteiger charge is -2.40. The highest BCUT2D eigenvalue weighted by molar-refractivity contribution is 5.95. The van der Waals surface area contributed by atoms with Gasteiger partial charge in [0.1, 0.15) is 0 Å². The molecule has 1 aromatic heterocycles. The molecule has 1 amide bonds. The second-order valence-electron chi connectivity index (χ2n) is 8.49. The van der Waals surface area contributed by atoms with Gasteiger partial charge >= 0.3 is 0 Å². The molecule has 1 aliphatic heterocycles. The third kappa shape index (κ3) is 3.21. The number of aryl methyl sites for hydroxylation is 1. The standard InChI is InChI=1S/C22H29N5O/c1-25(2)18-8-5-7-16(13-18)20(28)27-12-6-10-22(15-27)11-9-17-14-23-21(26(3)4)24-19(17)22/h5,7-8,13-14H,6,9-12,15H2,1-4H3. The van der Waals surface area contributed by atoms with Gasteiger partial charge in [0.05, 0.1) is 5.69 Å². The van der Waals surface area contributed by atoms with E-state index in [2.05, 4.69) is 4.98 Å². The van der Waals surface area contributed by atoms with Crippen LogP contribution in [0.5, 0.6) is 0 Å². The van der Waals surface area contributed by atoms with Crippen molar-refractivity contribution in [1.29, 1.82) is 0 Å². The van der Waals surface area contributed by atoms with Crippen LogP contribution < -0.4 is 9.80 Å². The monoisotopic (exact) mass is 379 g/mol. The number of carbonyl (C=O) groups excluding carboxylic acids is 1. The molecule has 6 nitrogen and oxygen atoms in total. The van der Waals surface area contributed by atoms with Crippen LogP contribution in [0, 0.1) is 0 Å². The van der Waals surface area contributed by atoms with Crippen molar-refractivity contribution < 1.29 is 4.79 Å². The second-order valence-corrected chi connectivity index (χ2v) is 8.49. The van der Waals surface area contributed by atoms with Gasteiger partial charge in [0, 0.05) is 64.1 Å². The number of fused-ring (bicyclic) bond motifs is 2. The van der Waals surface area contributed by atoms with E-state index in [9.17, 15) is 4.79 Å². The summed E-state index contributed by atoms with van der Waals surface area (Å²) in [6.07, 6.45) is 6.13. The summed E-state index contributed by atoms with van der Waals surface area (Å²) in [5, 5.41) is 0. The van der Waals surface area contributed by atoms with E-state index in [4.69, 9.17) is 4.98 Å². The lowest BCUT2D eigenvalue weighted by atomic mass is 9.77. The molecule has 1 saturated heterocycles. The molecule has 148 valence electrons. The Labute approximate surface area is 167 Å². The summed E-state index contributed by atoms with van der Waals surface area (Å²) in [6, 6.07) is 7.90. The van der Waals surface area contributed by atoms with E-state index in [1.807, 2.05) is 73.4 Å². The van der Waals surface area contributed by atoms with Crippen molar-refractivity contribution in [3.63, 3.8) is 0 Å². The van der Waals surface area contributed by atoms with E-state index in [1.54, 1.807) is 0 Å². The molecule has 0 N–H and O–H groups in total. The van der Waals surface area contributed by atoms with E-state index < -0.39 is 0 Å². The highest BCUT2D eigenvalue weighted by Crippen LogP contribution is 2.44. The quantitative estimate of drug-likeness (QED) is 0.821. The zero-order chi connectivity index (χ0) is 19.9. The van der Waals surface area contributed by atoms with E-state index in [0.717, 1.165) is 61.7 Å². The molecule has 1 aliphatic carbocycles. The summed E-state index contributed by atoms with van der Waals surface area (Å²) in [5.74, 6) is 0.875. The fraction of sp³-hybridized carbons (Fsp3) is 0.500. The second kappa shape index (κ2) is 7.08. The van der Waals surface area contributed by atoms with Crippen molar-refractivity contribution in [2.45, 2.75) is 31.1 Å². The van der Waals surface area contributed by atoms with Gasteiger partial charge in [0.15, 0.2) is 0 Å². The van der Waals surface area contributed by atoms with Crippen molar-refractivity contribution in [1.82, 2.24) is 14.9 Å². The minimum absolute atomic E-state index is 0.0316. The van der Waals surface area contributed by atoms with Crippen molar-refractivity contribution in [2.24, 2.45) is 0 Å². The summed E-state index contributed by atoms with van der Waals surface area (Å²) < 4.78 is 0. The number of benzene rings is 1. The molecule has 28 heavy (non-hydrogen) atoms. The fourth-order valence-electron chi connectivity index (χ4n) is 4.55. The van der Waals surface area contributed by atoms with E-state index in [1.165, 1.54) is 5.56 Å². The summed E-state index contributed by atoms with van der Waals surface area (Å²) >= 11 is 0. The number of piperidine rings is 1. The molecule has 1 spiro atoms. The Morgan fingerprint density at radius 2 is 1.96 bits per heavy atom. The Balaban J connectivity index is 1.62. The van der Waals surface area contributed by atoms with E-state index in [0.29, 0.717) is 0 Å². The van der Waals surface area contributed by atoms with Gasteiger partial charge in [-0.2, -0.15) is 0 Å². The molecule has 1 aromatic carbocycles. The van der Waals surface area contributed by atoms with Crippen LogP contribution >= 0.6 is 0 Å². The van der Waals surface area contributed by atoms with Crippen LogP contribution in [0.15, 0.2) is 30.5 Å². The maximum atomic E-state index is 13.3.